The lowest BCUT2D eigenvalue weighted by atomic mass is 9.72. The molecule has 0 saturated heterocycles. The fourth-order valence-corrected chi connectivity index (χ4v) is 1.59. The van der Waals surface area contributed by atoms with E-state index in [1.54, 1.807) is 30.3 Å². The average molecular weight is 222 g/mol. The number of rotatable bonds is 4. The maximum absolute atomic E-state index is 11.3. The Balaban J connectivity index is 3.28. The summed E-state index contributed by atoms with van der Waals surface area (Å²) in [6, 6.07) is 8.43. The first-order chi connectivity index (χ1) is 7.40. The number of benzene rings is 1. The third kappa shape index (κ3) is 1.91. The summed E-state index contributed by atoms with van der Waals surface area (Å²) in [6.45, 7) is 2.84. The van der Waals surface area contributed by atoms with Crippen LogP contribution in [0.4, 0.5) is 0 Å². The minimum absolute atomic E-state index is 0.498. The van der Waals surface area contributed by atoms with E-state index in [0.717, 1.165) is 0 Å². The lowest BCUT2D eigenvalue weighted by Crippen LogP contribution is -2.42. The number of carbonyl (C=O) groups is 2. The normalized spacial score (nSPS) is 16.1. The van der Waals surface area contributed by atoms with Crippen LogP contribution in [0.2, 0.25) is 0 Å². The first kappa shape index (κ1) is 12.2. The van der Waals surface area contributed by atoms with Gasteiger partial charge in [0.15, 0.2) is 0 Å². The highest BCUT2D eigenvalue weighted by molar-refractivity contribution is 5.88. The molecule has 0 aliphatic heterocycles. The number of carboxylic acids is 2. The number of hydrogen-bond acceptors (Lipinski definition) is 2. The second-order valence-electron chi connectivity index (χ2n) is 3.93. The van der Waals surface area contributed by atoms with Gasteiger partial charge in [0.05, 0.1) is 5.92 Å². The molecule has 0 bridgehead atoms. The summed E-state index contributed by atoms with van der Waals surface area (Å²) in [7, 11) is 0. The van der Waals surface area contributed by atoms with E-state index in [0.29, 0.717) is 5.56 Å². The van der Waals surface area contributed by atoms with Crippen LogP contribution in [0.3, 0.4) is 0 Å². The fraction of sp³-hybridized carbons (Fsp3) is 0.333. The smallest absolute Gasteiger partial charge is 0.314 e. The molecule has 2 atom stereocenters. The average Bonchev–Trinajstić information content (AvgIpc) is 2.27. The zero-order valence-corrected chi connectivity index (χ0v) is 9.18. The fourth-order valence-electron chi connectivity index (χ4n) is 1.59. The molecule has 0 fully saturated rings. The molecule has 0 aromatic heterocycles. The molecule has 2 N–H and O–H groups in total. The van der Waals surface area contributed by atoms with Gasteiger partial charge in [0.2, 0.25) is 0 Å². The highest BCUT2D eigenvalue weighted by atomic mass is 16.4. The third-order valence-corrected chi connectivity index (χ3v) is 3.05. The van der Waals surface area contributed by atoms with Crippen LogP contribution in [-0.4, -0.2) is 22.2 Å². The van der Waals surface area contributed by atoms with Gasteiger partial charge in [0, 0.05) is 0 Å². The molecular weight excluding hydrogens is 208 g/mol. The predicted octanol–water partition coefficient (Wildman–Crippen LogP) is 1.75. The third-order valence-electron chi connectivity index (χ3n) is 3.05. The van der Waals surface area contributed by atoms with Crippen molar-refractivity contribution in [2.45, 2.75) is 19.3 Å². The van der Waals surface area contributed by atoms with Crippen molar-refractivity contribution in [3.63, 3.8) is 0 Å². The Labute approximate surface area is 93.5 Å². The summed E-state index contributed by atoms with van der Waals surface area (Å²) in [5, 5.41) is 18.2. The number of hydrogen-bond donors (Lipinski definition) is 2. The van der Waals surface area contributed by atoms with Crippen LogP contribution in [0.5, 0.6) is 0 Å². The summed E-state index contributed by atoms with van der Waals surface area (Å²) in [5.74, 6) is -3.24. The Bertz CT molecular complexity index is 399. The van der Waals surface area contributed by atoms with E-state index < -0.39 is 23.3 Å². The van der Waals surface area contributed by atoms with Crippen LogP contribution in [0.15, 0.2) is 30.3 Å². The molecule has 1 rings (SSSR count). The summed E-state index contributed by atoms with van der Waals surface area (Å²) in [4.78, 5) is 22.3. The standard InChI is InChI=1S/C12H14O4/c1-8(10(13)14)12(2,11(15)16)9-6-4-3-5-7-9/h3-8H,1-2H3,(H,13,14)(H,15,16)/t8-,12-/m1/s1. The van der Waals surface area contributed by atoms with Crippen molar-refractivity contribution in [2.75, 3.05) is 0 Å². The zero-order valence-electron chi connectivity index (χ0n) is 9.18. The minimum atomic E-state index is -1.41. The van der Waals surface area contributed by atoms with Crippen molar-refractivity contribution >= 4 is 11.9 Å². The van der Waals surface area contributed by atoms with Gasteiger partial charge in [0.1, 0.15) is 5.41 Å². The maximum Gasteiger partial charge on any atom is 0.314 e. The Hall–Kier alpha value is -1.84. The van der Waals surface area contributed by atoms with Crippen molar-refractivity contribution in [1.82, 2.24) is 0 Å². The summed E-state index contributed by atoms with van der Waals surface area (Å²) < 4.78 is 0. The molecule has 0 aliphatic carbocycles. The summed E-state index contributed by atoms with van der Waals surface area (Å²) >= 11 is 0. The Morgan fingerprint density at radius 3 is 2.06 bits per heavy atom. The Kier molecular flexibility index (Phi) is 3.32. The highest BCUT2D eigenvalue weighted by Crippen LogP contribution is 2.32. The first-order valence-corrected chi connectivity index (χ1v) is 4.92. The van der Waals surface area contributed by atoms with E-state index in [1.807, 2.05) is 0 Å². The summed E-state index contributed by atoms with van der Waals surface area (Å²) in [5.41, 5.74) is -0.912. The van der Waals surface area contributed by atoms with Crippen molar-refractivity contribution in [3.05, 3.63) is 35.9 Å². The van der Waals surface area contributed by atoms with Crippen molar-refractivity contribution in [1.29, 1.82) is 0 Å². The predicted molar refractivity (Wildman–Crippen MR) is 58.2 cm³/mol. The molecule has 4 nitrogen and oxygen atoms in total. The van der Waals surface area contributed by atoms with Crippen LogP contribution in [0.25, 0.3) is 0 Å². The first-order valence-electron chi connectivity index (χ1n) is 4.92. The largest absolute Gasteiger partial charge is 0.481 e. The second kappa shape index (κ2) is 4.35. The molecule has 0 saturated carbocycles. The second-order valence-corrected chi connectivity index (χ2v) is 3.93. The van der Waals surface area contributed by atoms with Gasteiger partial charge in [-0.3, -0.25) is 9.59 Å². The Morgan fingerprint density at radius 1 is 1.19 bits per heavy atom. The molecule has 1 aromatic carbocycles. The van der Waals surface area contributed by atoms with Gasteiger partial charge in [-0.1, -0.05) is 37.3 Å². The molecular formula is C12H14O4. The highest BCUT2D eigenvalue weighted by Gasteiger charge is 2.44. The van der Waals surface area contributed by atoms with E-state index in [9.17, 15) is 14.7 Å². The van der Waals surface area contributed by atoms with Crippen molar-refractivity contribution < 1.29 is 19.8 Å². The van der Waals surface area contributed by atoms with Gasteiger partial charge in [-0.2, -0.15) is 0 Å². The Morgan fingerprint density at radius 2 is 1.69 bits per heavy atom. The van der Waals surface area contributed by atoms with Crippen LogP contribution < -0.4 is 0 Å². The lowest BCUT2D eigenvalue weighted by Gasteiger charge is -2.29. The SMILES string of the molecule is C[C@H](C(=O)O)[C@@](C)(C(=O)O)c1ccccc1. The van der Waals surface area contributed by atoms with Crippen molar-refractivity contribution in [3.8, 4) is 0 Å². The quantitative estimate of drug-likeness (QED) is 0.813. The molecule has 0 unspecified atom stereocenters. The van der Waals surface area contributed by atoms with Gasteiger partial charge < -0.3 is 10.2 Å². The molecule has 4 heteroatoms. The van der Waals surface area contributed by atoms with Crippen LogP contribution >= 0.6 is 0 Å². The summed E-state index contributed by atoms with van der Waals surface area (Å²) in [6.07, 6.45) is 0. The van der Waals surface area contributed by atoms with E-state index in [1.165, 1.54) is 13.8 Å². The molecule has 86 valence electrons. The van der Waals surface area contributed by atoms with Gasteiger partial charge in [-0.25, -0.2) is 0 Å². The number of carboxylic acid groups (broad SMARTS) is 2. The van der Waals surface area contributed by atoms with Gasteiger partial charge in [-0.05, 0) is 12.5 Å². The van der Waals surface area contributed by atoms with Crippen LogP contribution in [0, 0.1) is 5.92 Å². The van der Waals surface area contributed by atoms with Gasteiger partial charge in [0.25, 0.3) is 0 Å². The van der Waals surface area contributed by atoms with Crippen molar-refractivity contribution in [2.24, 2.45) is 5.92 Å². The molecule has 16 heavy (non-hydrogen) atoms. The molecule has 0 spiro atoms. The van der Waals surface area contributed by atoms with E-state index in [4.69, 9.17) is 5.11 Å². The van der Waals surface area contributed by atoms with Gasteiger partial charge >= 0.3 is 11.9 Å². The van der Waals surface area contributed by atoms with E-state index in [-0.39, 0.29) is 0 Å². The monoisotopic (exact) mass is 222 g/mol. The molecule has 0 heterocycles. The van der Waals surface area contributed by atoms with Crippen LogP contribution in [-0.2, 0) is 15.0 Å². The molecule has 0 aliphatic rings. The van der Waals surface area contributed by atoms with E-state index >= 15 is 0 Å². The van der Waals surface area contributed by atoms with Gasteiger partial charge in [-0.15, -0.1) is 0 Å². The molecule has 0 amide bonds. The molecule has 1 aromatic rings. The lowest BCUT2D eigenvalue weighted by molar-refractivity contribution is -0.154. The van der Waals surface area contributed by atoms with Crippen LogP contribution in [0.1, 0.15) is 19.4 Å². The topological polar surface area (TPSA) is 74.6 Å². The zero-order chi connectivity index (χ0) is 12.3. The minimum Gasteiger partial charge on any atom is -0.481 e. The number of aliphatic carboxylic acids is 2. The maximum atomic E-state index is 11.3. The molecule has 0 radical (unpaired) electrons. The van der Waals surface area contributed by atoms with E-state index in [2.05, 4.69) is 0 Å².